The van der Waals surface area contributed by atoms with Gasteiger partial charge >= 0.3 is 0 Å². The lowest BCUT2D eigenvalue weighted by Crippen LogP contribution is -2.18. The number of amidine groups is 1. The molecule has 136 valence electrons. The van der Waals surface area contributed by atoms with Crippen molar-refractivity contribution >= 4 is 47.1 Å². The van der Waals surface area contributed by atoms with Crippen LogP contribution in [0.1, 0.15) is 48.2 Å². The van der Waals surface area contributed by atoms with Crippen molar-refractivity contribution in [3.05, 3.63) is 39.4 Å². The number of nitrogens with zero attached hydrogens (tertiary/aromatic N) is 3. The highest BCUT2D eigenvalue weighted by Crippen LogP contribution is 2.25. The van der Waals surface area contributed by atoms with Gasteiger partial charge in [-0.1, -0.05) is 35.4 Å². The Morgan fingerprint density at radius 3 is 2.68 bits per heavy atom. The molecular weight excluding hydrogens is 375 g/mol. The van der Waals surface area contributed by atoms with Crippen molar-refractivity contribution in [2.75, 3.05) is 11.9 Å². The molecule has 0 atom stereocenters. The van der Waals surface area contributed by atoms with Crippen LogP contribution in [0.3, 0.4) is 0 Å². The maximum Gasteiger partial charge on any atom is 0.146 e. The number of rotatable bonds is 4. The highest BCUT2D eigenvalue weighted by atomic mass is 35.5. The van der Waals surface area contributed by atoms with Crippen LogP contribution in [0.2, 0.25) is 5.02 Å². The monoisotopic (exact) mass is 398 g/mol. The second-order valence-corrected chi connectivity index (χ2v) is 7.66. The summed E-state index contributed by atoms with van der Waals surface area (Å²) in [6.07, 6.45) is 6.61. The Hall–Kier alpha value is -1.17. The van der Waals surface area contributed by atoms with E-state index in [0.29, 0.717) is 5.92 Å². The molecule has 3 rings (SSSR count). The summed E-state index contributed by atoms with van der Waals surface area (Å²) in [6, 6.07) is 5.85. The van der Waals surface area contributed by atoms with Crippen LogP contribution >= 0.6 is 35.5 Å². The van der Waals surface area contributed by atoms with Gasteiger partial charge in [0.1, 0.15) is 10.7 Å². The predicted molar refractivity (Wildman–Crippen MR) is 110 cm³/mol. The molecule has 0 aliphatic heterocycles. The van der Waals surface area contributed by atoms with E-state index in [2.05, 4.69) is 14.9 Å². The van der Waals surface area contributed by atoms with Gasteiger partial charge in [0, 0.05) is 17.3 Å². The number of aromatic nitrogens is 2. The molecule has 0 bridgehead atoms. The highest BCUT2D eigenvalue weighted by molar-refractivity contribution is 7.08. The molecule has 1 heterocycles. The Morgan fingerprint density at radius 2 is 2.04 bits per heavy atom. The Labute approximate surface area is 164 Å². The van der Waals surface area contributed by atoms with E-state index in [0.717, 1.165) is 39.2 Å². The fourth-order valence-corrected chi connectivity index (χ4v) is 3.95. The lowest BCUT2D eigenvalue weighted by atomic mass is 9.89. The molecule has 0 unspecified atom stereocenters. The smallest absolute Gasteiger partial charge is 0.146 e. The molecular formula is C18H24Cl2N4S. The van der Waals surface area contributed by atoms with E-state index in [4.69, 9.17) is 16.6 Å². The van der Waals surface area contributed by atoms with Crippen molar-refractivity contribution < 1.29 is 0 Å². The minimum absolute atomic E-state index is 0. The zero-order chi connectivity index (χ0) is 16.9. The van der Waals surface area contributed by atoms with Crippen molar-refractivity contribution in [2.45, 2.75) is 46.0 Å². The second-order valence-electron chi connectivity index (χ2n) is 6.47. The third-order valence-corrected chi connectivity index (χ3v) is 5.61. The summed E-state index contributed by atoms with van der Waals surface area (Å²) in [5, 5.41) is 8.36. The van der Waals surface area contributed by atoms with Crippen LogP contribution in [0.4, 0.5) is 5.69 Å². The van der Waals surface area contributed by atoms with Crippen molar-refractivity contribution in [3.63, 3.8) is 0 Å². The lowest BCUT2D eigenvalue weighted by molar-refractivity contribution is 0.367. The van der Waals surface area contributed by atoms with Gasteiger partial charge in [0.15, 0.2) is 0 Å². The largest absolute Gasteiger partial charge is 0.339 e. The maximum absolute atomic E-state index is 6.07. The van der Waals surface area contributed by atoms with Crippen LogP contribution < -0.4 is 5.32 Å². The van der Waals surface area contributed by atoms with E-state index in [1.807, 2.05) is 32.0 Å². The maximum atomic E-state index is 6.07. The molecule has 0 radical (unpaired) electrons. The summed E-state index contributed by atoms with van der Waals surface area (Å²) in [5.41, 5.74) is 3.04. The fraction of sp³-hybridized carbons (Fsp3) is 0.500. The number of benzene rings is 1. The van der Waals surface area contributed by atoms with Gasteiger partial charge in [-0.15, -0.1) is 17.5 Å². The minimum Gasteiger partial charge on any atom is -0.339 e. The fourth-order valence-electron chi connectivity index (χ4n) is 3.10. The number of aliphatic imine (C=N–C) groups is 1. The van der Waals surface area contributed by atoms with Gasteiger partial charge in [-0.05, 0) is 67.9 Å². The Morgan fingerprint density at radius 1 is 1.28 bits per heavy atom. The Kier molecular flexibility index (Phi) is 7.66. The quantitative estimate of drug-likeness (QED) is 0.532. The zero-order valence-electron chi connectivity index (χ0n) is 14.6. The first-order valence-electron chi connectivity index (χ1n) is 8.50. The van der Waals surface area contributed by atoms with Crippen LogP contribution in [0, 0.1) is 19.8 Å². The molecule has 0 saturated heterocycles. The molecule has 2 aromatic rings. The standard InChI is InChI=1S/C18H23ClN4S.ClH/c1-12-10-15(19)8-9-16(12)21-18(17-13(2)22-23-24-17)20-11-14-6-4-3-5-7-14;/h8-10,14H,3-7,11H2,1-2H3,(H,20,21);1H. The Bertz CT molecular complexity index is 724. The van der Waals surface area contributed by atoms with E-state index in [1.165, 1.54) is 43.6 Å². The van der Waals surface area contributed by atoms with Gasteiger partial charge in [-0.2, -0.15) is 0 Å². The second kappa shape index (κ2) is 9.51. The SMILES string of the molecule is Cc1cc(Cl)ccc1NC(=NCC1CCCCC1)c1snnc1C.Cl. The molecule has 1 aliphatic rings. The van der Waals surface area contributed by atoms with Crippen LogP contribution in [0.5, 0.6) is 0 Å². The average molecular weight is 399 g/mol. The molecule has 1 saturated carbocycles. The summed E-state index contributed by atoms with van der Waals surface area (Å²) >= 11 is 7.46. The molecule has 0 spiro atoms. The number of halogens is 2. The zero-order valence-corrected chi connectivity index (χ0v) is 17.0. The third-order valence-electron chi connectivity index (χ3n) is 4.54. The first-order valence-corrected chi connectivity index (χ1v) is 9.65. The molecule has 1 N–H and O–H groups in total. The van der Waals surface area contributed by atoms with E-state index >= 15 is 0 Å². The summed E-state index contributed by atoms with van der Waals surface area (Å²) < 4.78 is 4.07. The number of anilines is 1. The van der Waals surface area contributed by atoms with Crippen molar-refractivity contribution in [3.8, 4) is 0 Å². The summed E-state index contributed by atoms with van der Waals surface area (Å²) in [5.74, 6) is 1.57. The van der Waals surface area contributed by atoms with Gasteiger partial charge in [-0.3, -0.25) is 4.99 Å². The van der Waals surface area contributed by atoms with Crippen LogP contribution in [0.15, 0.2) is 23.2 Å². The predicted octanol–water partition coefficient (Wildman–Crippen LogP) is 5.67. The molecule has 1 aromatic carbocycles. The molecule has 1 aromatic heterocycles. The van der Waals surface area contributed by atoms with Gasteiger partial charge in [0.25, 0.3) is 0 Å². The topological polar surface area (TPSA) is 50.2 Å². The number of nitrogens with one attached hydrogen (secondary N) is 1. The van der Waals surface area contributed by atoms with Gasteiger partial charge in [0.05, 0.1) is 5.69 Å². The van der Waals surface area contributed by atoms with E-state index in [-0.39, 0.29) is 12.4 Å². The molecule has 25 heavy (non-hydrogen) atoms. The first kappa shape index (κ1) is 20.1. The summed E-state index contributed by atoms with van der Waals surface area (Å²) in [6.45, 7) is 4.89. The molecule has 1 fully saturated rings. The van der Waals surface area contributed by atoms with Crippen LogP contribution in [0.25, 0.3) is 0 Å². The van der Waals surface area contributed by atoms with E-state index in [1.54, 1.807) is 0 Å². The van der Waals surface area contributed by atoms with Gasteiger partial charge < -0.3 is 5.32 Å². The van der Waals surface area contributed by atoms with Gasteiger partial charge in [0.2, 0.25) is 0 Å². The third kappa shape index (κ3) is 5.40. The van der Waals surface area contributed by atoms with Crippen LogP contribution in [-0.4, -0.2) is 22.0 Å². The summed E-state index contributed by atoms with van der Waals surface area (Å²) in [7, 11) is 0. The molecule has 4 nitrogen and oxygen atoms in total. The van der Waals surface area contributed by atoms with E-state index in [9.17, 15) is 0 Å². The lowest BCUT2D eigenvalue weighted by Gasteiger charge is -2.20. The molecule has 7 heteroatoms. The number of hydrogen-bond donors (Lipinski definition) is 1. The number of hydrogen-bond acceptors (Lipinski definition) is 4. The van der Waals surface area contributed by atoms with Crippen LogP contribution in [-0.2, 0) is 0 Å². The van der Waals surface area contributed by atoms with Crippen molar-refractivity contribution in [1.82, 2.24) is 9.59 Å². The van der Waals surface area contributed by atoms with Gasteiger partial charge in [-0.25, -0.2) is 0 Å². The Balaban J connectivity index is 0.00000225. The van der Waals surface area contributed by atoms with Crippen molar-refractivity contribution in [2.24, 2.45) is 10.9 Å². The van der Waals surface area contributed by atoms with E-state index < -0.39 is 0 Å². The first-order chi connectivity index (χ1) is 11.6. The van der Waals surface area contributed by atoms with Crippen molar-refractivity contribution in [1.29, 1.82) is 0 Å². The average Bonchev–Trinajstić information content (AvgIpc) is 3.00. The highest BCUT2D eigenvalue weighted by Gasteiger charge is 2.16. The normalized spacial score (nSPS) is 15.7. The molecule has 0 amide bonds. The summed E-state index contributed by atoms with van der Waals surface area (Å²) in [4.78, 5) is 5.93. The molecule has 1 aliphatic carbocycles. The number of aryl methyl sites for hydroxylation is 2. The minimum atomic E-state index is 0.